The Labute approximate surface area is 136 Å². The summed E-state index contributed by atoms with van der Waals surface area (Å²) in [7, 11) is 0. The molecule has 1 aromatic heterocycles. The maximum Gasteiger partial charge on any atom is 0.318 e. The van der Waals surface area contributed by atoms with E-state index >= 15 is 0 Å². The molecule has 1 heterocycles. The Morgan fingerprint density at radius 3 is 2.21 bits per heavy atom. The lowest BCUT2D eigenvalue weighted by Crippen LogP contribution is -2.48. The fourth-order valence-corrected chi connectivity index (χ4v) is 2.42. The highest BCUT2D eigenvalue weighted by molar-refractivity contribution is 5.76. The van der Waals surface area contributed by atoms with Crippen molar-refractivity contribution in [1.82, 2.24) is 9.55 Å². The zero-order chi connectivity index (χ0) is 18.2. The number of aliphatic hydroxyl groups is 5. The molecule has 0 aliphatic carbocycles. The predicted molar refractivity (Wildman–Crippen MR) is 84.7 cm³/mol. The van der Waals surface area contributed by atoms with Crippen LogP contribution in [-0.2, 0) is 0 Å². The number of aromatic amines is 1. The molecule has 0 aliphatic heterocycles. The highest BCUT2D eigenvalue weighted by Crippen LogP contribution is 2.20. The molecule has 0 amide bonds. The van der Waals surface area contributed by atoms with Crippen molar-refractivity contribution in [2.45, 2.75) is 38.4 Å². The highest BCUT2D eigenvalue weighted by atomic mass is 16.4. The fraction of sp³-hybridized carbons (Fsp3) is 0.467. The average Bonchev–Trinajstić information content (AvgIpc) is 2.55. The lowest BCUT2D eigenvalue weighted by molar-refractivity contribution is -0.134. The van der Waals surface area contributed by atoms with Gasteiger partial charge in [-0.05, 0) is 37.1 Å². The average molecular weight is 340 g/mol. The van der Waals surface area contributed by atoms with Crippen LogP contribution in [0.25, 0.3) is 11.0 Å². The predicted octanol–water partition coefficient (Wildman–Crippen LogP) is -2.13. The molecule has 0 radical (unpaired) electrons. The minimum atomic E-state index is -2.00. The second-order valence-electron chi connectivity index (χ2n) is 5.73. The van der Waals surface area contributed by atoms with E-state index in [0.717, 1.165) is 11.1 Å². The van der Waals surface area contributed by atoms with Crippen LogP contribution in [0.1, 0.15) is 17.4 Å². The third-order valence-electron chi connectivity index (χ3n) is 4.03. The number of benzene rings is 1. The molecule has 132 valence electrons. The minimum absolute atomic E-state index is 0.153. The Morgan fingerprint density at radius 2 is 1.62 bits per heavy atom. The van der Waals surface area contributed by atoms with Crippen LogP contribution in [0, 0.1) is 13.8 Å². The van der Waals surface area contributed by atoms with E-state index in [4.69, 9.17) is 5.11 Å². The standard InChI is InChI=1S/C15H20N2O7/c1-6-3-8-9(4-7(6)2)17(15(24)13(22)16-8)14(23)12(21)11(20)10(19)5-18/h3-4,10-12,14,18-21,23H,5H2,1-2H3,(H,16,22). The van der Waals surface area contributed by atoms with E-state index in [9.17, 15) is 30.0 Å². The Balaban J connectivity index is 2.66. The van der Waals surface area contributed by atoms with Crippen LogP contribution in [0.2, 0.25) is 0 Å². The molecular formula is C15H20N2O7. The zero-order valence-electron chi connectivity index (χ0n) is 13.2. The highest BCUT2D eigenvalue weighted by Gasteiger charge is 2.32. The Morgan fingerprint density at radius 1 is 1.04 bits per heavy atom. The van der Waals surface area contributed by atoms with Crippen molar-refractivity contribution in [2.24, 2.45) is 0 Å². The Hall–Kier alpha value is -2.04. The van der Waals surface area contributed by atoms with Crippen molar-refractivity contribution in [3.63, 3.8) is 0 Å². The van der Waals surface area contributed by atoms with Crippen LogP contribution in [0.3, 0.4) is 0 Å². The normalized spacial score (nSPS) is 16.8. The van der Waals surface area contributed by atoms with Gasteiger partial charge in [0.05, 0.1) is 17.6 Å². The number of rotatable bonds is 5. The first-order chi connectivity index (χ1) is 11.2. The molecule has 2 aromatic rings. The van der Waals surface area contributed by atoms with Gasteiger partial charge in [0.15, 0.2) is 6.23 Å². The summed E-state index contributed by atoms with van der Waals surface area (Å²) >= 11 is 0. The first-order valence-corrected chi connectivity index (χ1v) is 7.28. The third-order valence-corrected chi connectivity index (χ3v) is 4.03. The SMILES string of the molecule is Cc1cc2[nH]c(=O)c(=O)n(C(O)C(O)C(O)C(O)CO)c2cc1C. The number of hydrogen-bond acceptors (Lipinski definition) is 7. The van der Waals surface area contributed by atoms with Gasteiger partial charge in [0.1, 0.15) is 18.3 Å². The number of aryl methyl sites for hydroxylation is 2. The molecule has 4 atom stereocenters. The Kier molecular flexibility index (Phi) is 5.21. The molecule has 4 unspecified atom stereocenters. The van der Waals surface area contributed by atoms with Crippen molar-refractivity contribution in [3.05, 3.63) is 44.0 Å². The van der Waals surface area contributed by atoms with E-state index in [2.05, 4.69) is 4.98 Å². The molecule has 6 N–H and O–H groups in total. The molecule has 0 saturated heterocycles. The lowest BCUT2D eigenvalue weighted by Gasteiger charge is -2.27. The summed E-state index contributed by atoms with van der Waals surface area (Å²) < 4.78 is 0.651. The summed E-state index contributed by atoms with van der Waals surface area (Å²) in [6.07, 6.45) is -7.64. The molecule has 2 rings (SSSR count). The molecule has 24 heavy (non-hydrogen) atoms. The van der Waals surface area contributed by atoms with Gasteiger partial charge in [-0.25, -0.2) is 0 Å². The van der Waals surface area contributed by atoms with Gasteiger partial charge in [0.25, 0.3) is 0 Å². The summed E-state index contributed by atoms with van der Waals surface area (Å²) in [6.45, 7) is 2.71. The van der Waals surface area contributed by atoms with Gasteiger partial charge in [-0.15, -0.1) is 0 Å². The van der Waals surface area contributed by atoms with Crippen molar-refractivity contribution >= 4 is 11.0 Å². The lowest BCUT2D eigenvalue weighted by atomic mass is 10.1. The van der Waals surface area contributed by atoms with E-state index in [-0.39, 0.29) is 11.0 Å². The second-order valence-corrected chi connectivity index (χ2v) is 5.73. The van der Waals surface area contributed by atoms with Crippen LogP contribution < -0.4 is 11.1 Å². The molecule has 9 heteroatoms. The smallest absolute Gasteiger partial charge is 0.318 e. The van der Waals surface area contributed by atoms with Crippen LogP contribution in [0.4, 0.5) is 0 Å². The van der Waals surface area contributed by atoms with Crippen molar-refractivity contribution in [2.75, 3.05) is 6.61 Å². The van der Waals surface area contributed by atoms with Crippen LogP contribution in [0.5, 0.6) is 0 Å². The van der Waals surface area contributed by atoms with E-state index in [0.29, 0.717) is 4.57 Å². The van der Waals surface area contributed by atoms with Crippen molar-refractivity contribution in [1.29, 1.82) is 0 Å². The molecular weight excluding hydrogens is 320 g/mol. The Bertz CT molecular complexity index is 857. The third kappa shape index (κ3) is 3.12. The van der Waals surface area contributed by atoms with E-state index in [1.807, 2.05) is 0 Å². The summed E-state index contributed by atoms with van der Waals surface area (Å²) in [4.78, 5) is 26.3. The van der Waals surface area contributed by atoms with E-state index in [1.54, 1.807) is 26.0 Å². The van der Waals surface area contributed by atoms with Gasteiger partial charge in [-0.3, -0.25) is 14.2 Å². The number of hydrogen-bond donors (Lipinski definition) is 6. The monoisotopic (exact) mass is 340 g/mol. The van der Waals surface area contributed by atoms with E-state index < -0.39 is 42.3 Å². The van der Waals surface area contributed by atoms with Gasteiger partial charge in [-0.1, -0.05) is 0 Å². The van der Waals surface area contributed by atoms with Crippen LogP contribution >= 0.6 is 0 Å². The molecule has 0 spiro atoms. The first kappa shape index (κ1) is 18.3. The van der Waals surface area contributed by atoms with E-state index in [1.165, 1.54) is 0 Å². The largest absolute Gasteiger partial charge is 0.394 e. The number of aromatic nitrogens is 2. The molecule has 0 fully saturated rings. The maximum atomic E-state index is 12.1. The molecule has 0 saturated carbocycles. The van der Waals surface area contributed by atoms with Crippen LogP contribution in [-0.4, -0.2) is 60.0 Å². The molecule has 0 aliphatic rings. The van der Waals surface area contributed by atoms with Gasteiger partial charge in [0, 0.05) is 0 Å². The van der Waals surface area contributed by atoms with Gasteiger partial charge >= 0.3 is 11.1 Å². The summed E-state index contributed by atoms with van der Waals surface area (Å²) in [6, 6.07) is 3.16. The quantitative estimate of drug-likeness (QED) is 0.340. The molecule has 1 aromatic carbocycles. The summed E-state index contributed by atoms with van der Waals surface area (Å²) in [5, 5.41) is 48.2. The number of H-pyrrole nitrogens is 1. The first-order valence-electron chi connectivity index (χ1n) is 7.28. The van der Waals surface area contributed by atoms with Gasteiger partial charge < -0.3 is 30.5 Å². The zero-order valence-corrected chi connectivity index (χ0v) is 13.2. The minimum Gasteiger partial charge on any atom is -0.394 e. The van der Waals surface area contributed by atoms with Gasteiger partial charge in [-0.2, -0.15) is 0 Å². The van der Waals surface area contributed by atoms with Crippen molar-refractivity contribution < 1.29 is 25.5 Å². The summed E-state index contributed by atoms with van der Waals surface area (Å²) in [5.41, 5.74) is -0.0854. The second kappa shape index (κ2) is 6.83. The number of aliphatic hydroxyl groups excluding tert-OH is 5. The number of nitrogens with zero attached hydrogens (tertiary/aromatic N) is 1. The van der Waals surface area contributed by atoms with Crippen molar-refractivity contribution in [3.8, 4) is 0 Å². The van der Waals surface area contributed by atoms with Gasteiger partial charge in [0.2, 0.25) is 0 Å². The molecule has 0 bridgehead atoms. The summed E-state index contributed by atoms with van der Waals surface area (Å²) in [5.74, 6) is 0. The fourth-order valence-electron chi connectivity index (χ4n) is 2.42. The number of fused-ring (bicyclic) bond motifs is 1. The topological polar surface area (TPSA) is 156 Å². The maximum absolute atomic E-state index is 12.1. The molecule has 9 nitrogen and oxygen atoms in total. The number of nitrogens with one attached hydrogen (secondary N) is 1. The van der Waals surface area contributed by atoms with Crippen LogP contribution in [0.15, 0.2) is 21.7 Å².